The van der Waals surface area contributed by atoms with Crippen molar-refractivity contribution in [3.05, 3.63) is 29.8 Å². The molecule has 1 amide bonds. The summed E-state index contributed by atoms with van der Waals surface area (Å²) in [6.45, 7) is 8.48. The van der Waals surface area contributed by atoms with Gasteiger partial charge in [-0.3, -0.25) is 4.79 Å². The number of benzene rings is 1. The number of halogens is 1. The first-order valence-corrected chi connectivity index (χ1v) is 7.91. The van der Waals surface area contributed by atoms with Gasteiger partial charge in [0, 0.05) is 11.2 Å². The van der Waals surface area contributed by atoms with Gasteiger partial charge < -0.3 is 11.1 Å². The molecule has 0 aliphatic heterocycles. The molecule has 0 aromatic heterocycles. The summed E-state index contributed by atoms with van der Waals surface area (Å²) >= 11 is 0. The van der Waals surface area contributed by atoms with E-state index in [1.54, 1.807) is 0 Å². The highest BCUT2D eigenvalue weighted by atomic mass is 35.5. The fourth-order valence-corrected chi connectivity index (χ4v) is 3.25. The molecule has 1 aliphatic carbocycles. The fraction of sp³-hybridized carbons (Fsp3) is 0.611. The van der Waals surface area contributed by atoms with Crippen LogP contribution in [-0.2, 0) is 10.2 Å². The lowest BCUT2D eigenvalue weighted by Crippen LogP contribution is -2.51. The minimum atomic E-state index is -0.390. The van der Waals surface area contributed by atoms with Crippen LogP contribution < -0.4 is 11.1 Å². The molecule has 0 heterocycles. The van der Waals surface area contributed by atoms with Crippen LogP contribution in [0.5, 0.6) is 0 Å². The number of carbonyl (C=O) groups excluding carboxylic acids is 1. The Kier molecular flexibility index (Phi) is 6.05. The first-order chi connectivity index (χ1) is 9.72. The van der Waals surface area contributed by atoms with E-state index in [-0.39, 0.29) is 35.2 Å². The van der Waals surface area contributed by atoms with E-state index >= 15 is 0 Å². The molecule has 3 nitrogen and oxygen atoms in total. The molecule has 124 valence electrons. The van der Waals surface area contributed by atoms with Crippen LogP contribution in [-0.4, -0.2) is 11.4 Å². The highest BCUT2D eigenvalue weighted by Gasteiger charge is 2.38. The maximum absolute atomic E-state index is 12.7. The Bertz CT molecular complexity index is 520. The molecule has 0 radical (unpaired) electrons. The Morgan fingerprint density at radius 3 is 2.50 bits per heavy atom. The van der Waals surface area contributed by atoms with Crippen molar-refractivity contribution < 1.29 is 4.79 Å². The van der Waals surface area contributed by atoms with Gasteiger partial charge in [-0.25, -0.2) is 0 Å². The molecule has 3 N–H and O–H groups in total. The van der Waals surface area contributed by atoms with E-state index in [4.69, 9.17) is 5.73 Å². The molecule has 0 spiro atoms. The first-order valence-electron chi connectivity index (χ1n) is 7.91. The molecule has 2 atom stereocenters. The van der Waals surface area contributed by atoms with E-state index < -0.39 is 0 Å². The number of hydrogen-bond acceptors (Lipinski definition) is 2. The molecule has 1 fully saturated rings. The number of para-hydroxylation sites is 1. The fourth-order valence-electron chi connectivity index (χ4n) is 3.25. The number of hydrogen-bond donors (Lipinski definition) is 2. The van der Waals surface area contributed by atoms with Gasteiger partial charge in [0.25, 0.3) is 0 Å². The van der Waals surface area contributed by atoms with Gasteiger partial charge in [-0.1, -0.05) is 51.8 Å². The van der Waals surface area contributed by atoms with E-state index in [0.29, 0.717) is 0 Å². The maximum atomic E-state index is 12.7. The second-order valence-electron chi connectivity index (χ2n) is 7.59. The van der Waals surface area contributed by atoms with Crippen LogP contribution in [0.2, 0.25) is 0 Å². The molecule has 0 bridgehead atoms. The molecule has 2 unspecified atom stereocenters. The van der Waals surface area contributed by atoms with Crippen molar-refractivity contribution in [3.63, 3.8) is 0 Å². The van der Waals surface area contributed by atoms with Crippen LogP contribution in [0.1, 0.15) is 58.9 Å². The van der Waals surface area contributed by atoms with Crippen LogP contribution >= 0.6 is 12.4 Å². The van der Waals surface area contributed by atoms with Crippen molar-refractivity contribution in [1.82, 2.24) is 0 Å². The van der Waals surface area contributed by atoms with Crippen molar-refractivity contribution in [3.8, 4) is 0 Å². The van der Waals surface area contributed by atoms with Crippen molar-refractivity contribution >= 4 is 24.0 Å². The zero-order valence-electron chi connectivity index (χ0n) is 14.1. The normalized spacial score (nSPS) is 25.2. The van der Waals surface area contributed by atoms with Crippen molar-refractivity contribution in [2.75, 3.05) is 5.32 Å². The molecule has 1 aromatic carbocycles. The van der Waals surface area contributed by atoms with Crippen molar-refractivity contribution in [2.24, 2.45) is 11.7 Å². The topological polar surface area (TPSA) is 55.1 Å². The highest BCUT2D eigenvalue weighted by Crippen LogP contribution is 2.34. The minimum absolute atomic E-state index is 0. The summed E-state index contributed by atoms with van der Waals surface area (Å²) in [5.74, 6) is -0.0318. The van der Waals surface area contributed by atoms with Crippen LogP contribution in [0.25, 0.3) is 0 Å². The Balaban J connectivity index is 0.00000242. The van der Waals surface area contributed by atoms with Gasteiger partial charge in [-0.05, 0) is 36.8 Å². The van der Waals surface area contributed by atoms with E-state index in [1.165, 1.54) is 0 Å². The maximum Gasteiger partial charge on any atom is 0.229 e. The lowest BCUT2D eigenvalue weighted by Gasteiger charge is -2.37. The Morgan fingerprint density at radius 2 is 1.91 bits per heavy atom. The molecule has 2 rings (SSSR count). The van der Waals surface area contributed by atoms with E-state index in [1.807, 2.05) is 25.1 Å². The van der Waals surface area contributed by atoms with Gasteiger partial charge in [-0.15, -0.1) is 12.4 Å². The number of amides is 1. The first kappa shape index (κ1) is 19.0. The molecule has 0 saturated heterocycles. The summed E-state index contributed by atoms with van der Waals surface area (Å²) in [6, 6.07) is 8.05. The lowest BCUT2D eigenvalue weighted by molar-refractivity contribution is -0.122. The Morgan fingerprint density at radius 1 is 1.27 bits per heavy atom. The molecular weight excluding hydrogens is 296 g/mol. The predicted molar refractivity (Wildman–Crippen MR) is 95.6 cm³/mol. The molecule has 1 saturated carbocycles. The number of carbonyl (C=O) groups is 1. The zero-order valence-corrected chi connectivity index (χ0v) is 14.9. The highest BCUT2D eigenvalue weighted by molar-refractivity contribution is 5.94. The number of nitrogens with two attached hydrogens (primary N) is 1. The second kappa shape index (κ2) is 7.01. The van der Waals surface area contributed by atoms with E-state index in [0.717, 1.165) is 36.9 Å². The summed E-state index contributed by atoms with van der Waals surface area (Å²) in [5, 5.41) is 3.12. The van der Waals surface area contributed by atoms with Gasteiger partial charge in [0.1, 0.15) is 0 Å². The monoisotopic (exact) mass is 324 g/mol. The Labute approximate surface area is 140 Å². The van der Waals surface area contributed by atoms with Crippen molar-refractivity contribution in [1.29, 1.82) is 0 Å². The van der Waals surface area contributed by atoms with Gasteiger partial charge in [0.15, 0.2) is 0 Å². The van der Waals surface area contributed by atoms with E-state index in [2.05, 4.69) is 32.2 Å². The van der Waals surface area contributed by atoms with Gasteiger partial charge in [0.2, 0.25) is 5.91 Å². The Hall–Kier alpha value is -1.06. The van der Waals surface area contributed by atoms with E-state index in [9.17, 15) is 4.79 Å². The second-order valence-corrected chi connectivity index (χ2v) is 7.59. The average Bonchev–Trinajstić information content (AvgIpc) is 2.37. The molecule has 1 aromatic rings. The molecule has 22 heavy (non-hydrogen) atoms. The van der Waals surface area contributed by atoms with Crippen LogP contribution in [0.4, 0.5) is 5.69 Å². The summed E-state index contributed by atoms with van der Waals surface area (Å²) in [7, 11) is 0. The standard InChI is InChI=1S/C18H28N2O.ClH/c1-17(2,3)13-9-5-6-11-15(13)20-16(21)14-10-7-8-12-18(14,4)19;/h5-6,9,11,14H,7-8,10,12,19H2,1-4H3,(H,20,21);1H. The smallest absolute Gasteiger partial charge is 0.229 e. The van der Waals surface area contributed by atoms with Crippen LogP contribution in [0.15, 0.2) is 24.3 Å². The predicted octanol–water partition coefficient (Wildman–Crippen LogP) is 4.25. The SMILES string of the molecule is CC(C)(C)c1ccccc1NC(=O)C1CCCCC1(C)N.Cl. The summed E-state index contributed by atoms with van der Waals surface area (Å²) < 4.78 is 0. The third kappa shape index (κ3) is 4.23. The minimum Gasteiger partial charge on any atom is -0.326 e. The average molecular weight is 325 g/mol. The van der Waals surface area contributed by atoms with Crippen LogP contribution in [0, 0.1) is 5.92 Å². The zero-order chi connectivity index (χ0) is 15.7. The summed E-state index contributed by atoms with van der Waals surface area (Å²) in [6.07, 6.45) is 4.02. The third-order valence-corrected chi connectivity index (χ3v) is 4.56. The number of rotatable bonds is 2. The summed E-state index contributed by atoms with van der Waals surface area (Å²) in [4.78, 5) is 12.7. The summed E-state index contributed by atoms with van der Waals surface area (Å²) in [5.41, 5.74) is 8.03. The quantitative estimate of drug-likeness (QED) is 0.854. The van der Waals surface area contributed by atoms with Crippen molar-refractivity contribution in [2.45, 2.75) is 64.3 Å². The lowest BCUT2D eigenvalue weighted by atomic mass is 9.74. The van der Waals surface area contributed by atoms with Gasteiger partial charge in [0.05, 0.1) is 5.92 Å². The number of anilines is 1. The molecular formula is C18H29ClN2O. The van der Waals surface area contributed by atoms with Gasteiger partial charge >= 0.3 is 0 Å². The largest absolute Gasteiger partial charge is 0.326 e. The van der Waals surface area contributed by atoms with Gasteiger partial charge in [-0.2, -0.15) is 0 Å². The number of nitrogens with one attached hydrogen (secondary N) is 1. The molecule has 1 aliphatic rings. The molecule has 4 heteroatoms. The van der Waals surface area contributed by atoms with Crippen LogP contribution in [0.3, 0.4) is 0 Å². The third-order valence-electron chi connectivity index (χ3n) is 4.56.